The van der Waals surface area contributed by atoms with Crippen molar-refractivity contribution in [2.24, 2.45) is 0 Å². The van der Waals surface area contributed by atoms with Crippen LogP contribution in [0.15, 0.2) is 30.9 Å². The number of fused-ring (bicyclic) bond motifs is 1. The molecule has 2 amide bonds. The lowest BCUT2D eigenvalue weighted by atomic mass is 9.91. The summed E-state index contributed by atoms with van der Waals surface area (Å²) in [4.78, 5) is 28.2. The molecule has 0 spiro atoms. The molecule has 0 aliphatic carbocycles. The van der Waals surface area contributed by atoms with Gasteiger partial charge < -0.3 is 9.64 Å². The van der Waals surface area contributed by atoms with Crippen molar-refractivity contribution in [2.75, 3.05) is 16.3 Å². The van der Waals surface area contributed by atoms with Gasteiger partial charge in [0.1, 0.15) is 0 Å². The van der Waals surface area contributed by atoms with E-state index in [1.165, 1.54) is 0 Å². The van der Waals surface area contributed by atoms with Gasteiger partial charge >= 0.3 is 6.09 Å². The zero-order chi connectivity index (χ0) is 19.4. The van der Waals surface area contributed by atoms with Gasteiger partial charge in [-0.1, -0.05) is 19.1 Å². The number of carbonyl (C=O) groups excluding carboxylic acids is 2. The smallest absolute Gasteiger partial charge is 0.414 e. The molecule has 0 fully saturated rings. The quantitative estimate of drug-likeness (QED) is 0.706. The van der Waals surface area contributed by atoms with Crippen LogP contribution in [0.4, 0.5) is 16.2 Å². The van der Waals surface area contributed by atoms with Crippen molar-refractivity contribution in [3.63, 3.8) is 0 Å². The Morgan fingerprint density at radius 2 is 2.04 bits per heavy atom. The average molecular weight is 358 g/mol. The van der Waals surface area contributed by atoms with Gasteiger partial charge in [-0.15, -0.1) is 6.58 Å². The fraction of sp³-hybridized carbons (Fsp3) is 0.524. The van der Waals surface area contributed by atoms with Gasteiger partial charge in [-0.3, -0.25) is 9.69 Å². The maximum atomic E-state index is 12.7. The summed E-state index contributed by atoms with van der Waals surface area (Å²) in [7, 11) is 0. The van der Waals surface area contributed by atoms with Crippen LogP contribution in [0.2, 0.25) is 0 Å². The van der Waals surface area contributed by atoms with Crippen molar-refractivity contribution in [2.45, 2.75) is 65.5 Å². The van der Waals surface area contributed by atoms with Crippen molar-refractivity contribution in [3.8, 4) is 0 Å². The standard InChI is InChI=1S/C21H30N2O3/c1-7-9-17(8-2)18-10-11-19-20(12-18)22(21(25)26-14(3)4)13-15(5)23(19)16(6)24/h7,10-12,14-15,17H,1,8-9,13H2,2-6H3. The first kappa shape index (κ1) is 20.0. The summed E-state index contributed by atoms with van der Waals surface area (Å²) < 4.78 is 5.43. The molecule has 1 aliphatic rings. The number of benzene rings is 1. The Kier molecular flexibility index (Phi) is 6.46. The molecule has 2 unspecified atom stereocenters. The molecule has 2 atom stereocenters. The first-order valence-corrected chi connectivity index (χ1v) is 9.32. The number of ether oxygens (including phenoxy) is 1. The maximum absolute atomic E-state index is 12.7. The van der Waals surface area contributed by atoms with Gasteiger partial charge in [0.05, 0.1) is 23.5 Å². The topological polar surface area (TPSA) is 49.9 Å². The Hall–Kier alpha value is -2.30. The summed E-state index contributed by atoms with van der Waals surface area (Å²) in [6.07, 6.45) is 3.21. The zero-order valence-corrected chi connectivity index (χ0v) is 16.5. The normalized spacial score (nSPS) is 17.7. The van der Waals surface area contributed by atoms with Gasteiger partial charge in [-0.2, -0.15) is 0 Å². The van der Waals surface area contributed by atoms with E-state index in [9.17, 15) is 9.59 Å². The van der Waals surface area contributed by atoms with Crippen LogP contribution in [0.5, 0.6) is 0 Å². The van der Waals surface area contributed by atoms with Crippen LogP contribution in [-0.2, 0) is 9.53 Å². The van der Waals surface area contributed by atoms with Crippen LogP contribution >= 0.6 is 0 Å². The van der Waals surface area contributed by atoms with E-state index in [1.54, 1.807) is 16.7 Å². The van der Waals surface area contributed by atoms with Crippen LogP contribution in [0.25, 0.3) is 0 Å². The Morgan fingerprint density at radius 3 is 2.58 bits per heavy atom. The molecule has 2 rings (SSSR count). The summed E-state index contributed by atoms with van der Waals surface area (Å²) in [5.74, 6) is 0.312. The first-order chi connectivity index (χ1) is 12.3. The molecule has 1 aliphatic heterocycles. The second kappa shape index (κ2) is 8.39. The summed E-state index contributed by atoms with van der Waals surface area (Å²) >= 11 is 0. The van der Waals surface area contributed by atoms with E-state index in [4.69, 9.17) is 4.74 Å². The van der Waals surface area contributed by atoms with Gasteiger partial charge in [0.2, 0.25) is 5.91 Å². The van der Waals surface area contributed by atoms with E-state index >= 15 is 0 Å². The molecule has 0 aromatic heterocycles. The third kappa shape index (κ3) is 4.09. The van der Waals surface area contributed by atoms with Crippen LogP contribution in [0, 0.1) is 0 Å². The Balaban J connectivity index is 2.53. The molecule has 1 aromatic carbocycles. The lowest BCUT2D eigenvalue weighted by Gasteiger charge is -2.40. The predicted octanol–water partition coefficient (Wildman–Crippen LogP) is 4.86. The highest BCUT2D eigenvalue weighted by atomic mass is 16.6. The number of carbonyl (C=O) groups is 2. The van der Waals surface area contributed by atoms with Gasteiger partial charge in [-0.25, -0.2) is 4.79 Å². The van der Waals surface area contributed by atoms with Gasteiger partial charge in [0.15, 0.2) is 0 Å². The number of rotatable bonds is 5. The Labute approximate surface area is 156 Å². The third-order valence-corrected chi connectivity index (χ3v) is 4.75. The Bertz CT molecular complexity index is 684. The van der Waals surface area contributed by atoms with Gasteiger partial charge in [0, 0.05) is 13.5 Å². The average Bonchev–Trinajstić information content (AvgIpc) is 2.57. The van der Waals surface area contributed by atoms with Crippen molar-refractivity contribution in [1.29, 1.82) is 0 Å². The fourth-order valence-electron chi connectivity index (χ4n) is 3.55. The molecule has 5 nitrogen and oxygen atoms in total. The molecule has 0 N–H and O–H groups in total. The third-order valence-electron chi connectivity index (χ3n) is 4.75. The van der Waals surface area contributed by atoms with Gasteiger partial charge in [0.25, 0.3) is 0 Å². The van der Waals surface area contributed by atoms with Crippen molar-refractivity contribution < 1.29 is 14.3 Å². The highest BCUT2D eigenvalue weighted by molar-refractivity contribution is 6.02. The van der Waals surface area contributed by atoms with Crippen molar-refractivity contribution in [1.82, 2.24) is 0 Å². The number of allylic oxidation sites excluding steroid dienone is 1. The number of hydrogen-bond donors (Lipinski definition) is 0. The summed E-state index contributed by atoms with van der Waals surface area (Å²) in [6, 6.07) is 5.91. The van der Waals surface area contributed by atoms with E-state index in [1.807, 2.05) is 39.0 Å². The number of amides is 2. The highest BCUT2D eigenvalue weighted by Gasteiger charge is 2.35. The lowest BCUT2D eigenvalue weighted by Crippen LogP contribution is -2.51. The second-order valence-electron chi connectivity index (χ2n) is 7.16. The molecule has 0 saturated carbocycles. The second-order valence-corrected chi connectivity index (χ2v) is 7.16. The molecule has 5 heteroatoms. The Morgan fingerprint density at radius 1 is 1.35 bits per heavy atom. The summed E-state index contributed by atoms with van der Waals surface area (Å²) in [5, 5.41) is 0. The van der Waals surface area contributed by atoms with Crippen molar-refractivity contribution >= 4 is 23.4 Å². The van der Waals surface area contributed by atoms with Crippen LogP contribution in [0.3, 0.4) is 0 Å². The minimum Gasteiger partial charge on any atom is -0.446 e. The van der Waals surface area contributed by atoms with E-state index in [2.05, 4.69) is 19.6 Å². The van der Waals surface area contributed by atoms with E-state index in [0.717, 1.165) is 29.8 Å². The number of anilines is 2. The van der Waals surface area contributed by atoms with Crippen LogP contribution in [0.1, 0.15) is 58.9 Å². The fourth-order valence-corrected chi connectivity index (χ4v) is 3.55. The van der Waals surface area contributed by atoms with E-state index < -0.39 is 0 Å². The molecule has 0 radical (unpaired) electrons. The SMILES string of the molecule is C=CCC(CC)c1ccc2c(c1)N(C(=O)OC(C)C)CC(C)N2C(C)=O. The molecular weight excluding hydrogens is 328 g/mol. The first-order valence-electron chi connectivity index (χ1n) is 9.32. The van der Waals surface area contributed by atoms with Gasteiger partial charge in [-0.05, 0) is 57.2 Å². The zero-order valence-electron chi connectivity index (χ0n) is 16.5. The predicted molar refractivity (Wildman–Crippen MR) is 106 cm³/mol. The minimum atomic E-state index is -0.370. The lowest BCUT2D eigenvalue weighted by molar-refractivity contribution is -0.117. The molecule has 0 saturated heterocycles. The molecule has 1 heterocycles. The highest BCUT2D eigenvalue weighted by Crippen LogP contribution is 2.39. The maximum Gasteiger partial charge on any atom is 0.414 e. The number of hydrogen-bond acceptors (Lipinski definition) is 3. The monoisotopic (exact) mass is 358 g/mol. The minimum absolute atomic E-state index is 0.0264. The molecule has 142 valence electrons. The molecule has 0 bridgehead atoms. The molecular formula is C21H30N2O3. The summed E-state index contributed by atoms with van der Waals surface area (Å²) in [6.45, 7) is 13.6. The largest absolute Gasteiger partial charge is 0.446 e. The van der Waals surface area contributed by atoms with E-state index in [0.29, 0.717) is 12.5 Å². The van der Waals surface area contributed by atoms with Crippen LogP contribution in [-0.4, -0.2) is 30.7 Å². The van der Waals surface area contributed by atoms with Crippen molar-refractivity contribution in [3.05, 3.63) is 36.4 Å². The summed E-state index contributed by atoms with van der Waals surface area (Å²) in [5.41, 5.74) is 2.64. The molecule has 1 aromatic rings. The molecule has 26 heavy (non-hydrogen) atoms. The van der Waals surface area contributed by atoms with Crippen LogP contribution < -0.4 is 9.80 Å². The number of nitrogens with zero attached hydrogens (tertiary/aromatic N) is 2. The van der Waals surface area contributed by atoms with E-state index in [-0.39, 0.29) is 24.1 Å².